The molecule has 31 heavy (non-hydrogen) atoms. The summed E-state index contributed by atoms with van der Waals surface area (Å²) in [5.74, 6) is -0.0905. The molecule has 0 spiro atoms. The average molecular weight is 480 g/mol. The van der Waals surface area contributed by atoms with Gasteiger partial charge in [0.25, 0.3) is 5.89 Å². The van der Waals surface area contributed by atoms with E-state index >= 15 is 0 Å². The maximum absolute atomic E-state index is 10.9. The van der Waals surface area contributed by atoms with Gasteiger partial charge in [0, 0.05) is 25.2 Å². The van der Waals surface area contributed by atoms with E-state index in [2.05, 4.69) is 36.1 Å². The Hall–Kier alpha value is -3.30. The number of aliphatic carboxylic acids is 1. The lowest BCUT2D eigenvalue weighted by Crippen LogP contribution is -2.49. The van der Waals surface area contributed by atoms with Crippen LogP contribution in [0.4, 0.5) is 0 Å². The van der Waals surface area contributed by atoms with Crippen molar-refractivity contribution in [2.75, 3.05) is 13.1 Å². The van der Waals surface area contributed by atoms with Gasteiger partial charge in [-0.2, -0.15) is 10.1 Å². The third kappa shape index (κ3) is 3.89. The van der Waals surface area contributed by atoms with Crippen LogP contribution in [0.1, 0.15) is 5.56 Å². The fourth-order valence-electron chi connectivity index (χ4n) is 3.55. The van der Waals surface area contributed by atoms with Crippen molar-refractivity contribution < 1.29 is 14.4 Å². The summed E-state index contributed by atoms with van der Waals surface area (Å²) in [4.78, 5) is 17.6. The number of benzene rings is 2. The van der Waals surface area contributed by atoms with Crippen molar-refractivity contribution in [2.24, 2.45) is 5.92 Å². The molecule has 156 valence electrons. The number of carboxylic acid groups (broad SMARTS) is 1. The van der Waals surface area contributed by atoms with Gasteiger partial charge in [0.15, 0.2) is 0 Å². The largest absolute Gasteiger partial charge is 0.481 e. The number of carbonyl (C=O) groups is 1. The Bertz CT molecular complexity index is 1210. The molecule has 0 atom stereocenters. The number of para-hydroxylation sites is 1. The van der Waals surface area contributed by atoms with Crippen molar-refractivity contribution in [3.05, 3.63) is 71.0 Å². The van der Waals surface area contributed by atoms with E-state index in [1.165, 1.54) is 0 Å². The topological polar surface area (TPSA) is 97.3 Å². The minimum atomic E-state index is -0.722. The maximum Gasteiger partial charge on any atom is 0.309 e. The first-order valence-electron chi connectivity index (χ1n) is 9.76. The van der Waals surface area contributed by atoms with Gasteiger partial charge in [0.1, 0.15) is 4.60 Å². The van der Waals surface area contributed by atoms with Crippen LogP contribution in [-0.4, -0.2) is 49.0 Å². The third-order valence-corrected chi connectivity index (χ3v) is 6.06. The van der Waals surface area contributed by atoms with E-state index in [-0.39, 0.29) is 5.92 Å². The summed E-state index contributed by atoms with van der Waals surface area (Å²) in [7, 11) is 0. The lowest BCUT2D eigenvalue weighted by atomic mass is 9.99. The van der Waals surface area contributed by atoms with Crippen molar-refractivity contribution in [3.8, 4) is 28.5 Å². The first-order valence-corrected chi connectivity index (χ1v) is 10.6. The second-order valence-corrected chi connectivity index (χ2v) is 8.20. The molecule has 0 aliphatic carbocycles. The summed E-state index contributed by atoms with van der Waals surface area (Å²) < 4.78 is 7.98. The van der Waals surface area contributed by atoms with E-state index in [4.69, 9.17) is 9.63 Å². The Morgan fingerprint density at radius 3 is 2.58 bits per heavy atom. The predicted octanol–water partition coefficient (Wildman–Crippen LogP) is 3.87. The van der Waals surface area contributed by atoms with Gasteiger partial charge >= 0.3 is 5.97 Å². The fraction of sp³-hybridized carbons (Fsp3) is 0.182. The number of hydrogen-bond acceptors (Lipinski definition) is 6. The summed E-state index contributed by atoms with van der Waals surface area (Å²) in [6, 6.07) is 17.7. The molecule has 0 bridgehead atoms. The van der Waals surface area contributed by atoms with Gasteiger partial charge < -0.3 is 9.63 Å². The zero-order valence-electron chi connectivity index (χ0n) is 16.3. The minimum Gasteiger partial charge on any atom is -0.481 e. The van der Waals surface area contributed by atoms with E-state index in [0.29, 0.717) is 30.4 Å². The Kier molecular flexibility index (Phi) is 5.13. The number of hydrogen-bond donors (Lipinski definition) is 1. The summed E-state index contributed by atoms with van der Waals surface area (Å²) in [6.45, 7) is 1.92. The van der Waals surface area contributed by atoms with Crippen molar-refractivity contribution >= 4 is 21.9 Å². The highest BCUT2D eigenvalue weighted by Crippen LogP contribution is 2.30. The zero-order chi connectivity index (χ0) is 21.4. The number of aromatic nitrogens is 4. The van der Waals surface area contributed by atoms with Gasteiger partial charge in [-0.05, 0) is 33.6 Å². The van der Waals surface area contributed by atoms with Crippen LogP contribution in [0.15, 0.2) is 69.9 Å². The van der Waals surface area contributed by atoms with Crippen LogP contribution in [0.3, 0.4) is 0 Å². The third-order valence-electron chi connectivity index (χ3n) is 5.29. The van der Waals surface area contributed by atoms with E-state index in [1.54, 1.807) is 10.9 Å². The van der Waals surface area contributed by atoms with Crippen molar-refractivity contribution in [1.29, 1.82) is 0 Å². The molecule has 3 heterocycles. The molecule has 1 saturated heterocycles. The number of likely N-dealkylation sites (tertiary alicyclic amines) is 1. The monoisotopic (exact) mass is 479 g/mol. The van der Waals surface area contributed by atoms with Gasteiger partial charge in [-0.15, -0.1) is 0 Å². The second-order valence-electron chi connectivity index (χ2n) is 7.45. The number of halogens is 1. The van der Waals surface area contributed by atoms with Crippen LogP contribution in [0.5, 0.6) is 0 Å². The van der Waals surface area contributed by atoms with Crippen LogP contribution in [0.2, 0.25) is 0 Å². The molecule has 1 fully saturated rings. The molecule has 0 unspecified atom stereocenters. The molecule has 8 nitrogen and oxygen atoms in total. The average Bonchev–Trinajstić information content (AvgIpc) is 3.38. The van der Waals surface area contributed by atoms with Gasteiger partial charge in [-0.3, -0.25) is 9.69 Å². The van der Waals surface area contributed by atoms with E-state index in [0.717, 1.165) is 28.0 Å². The van der Waals surface area contributed by atoms with Crippen LogP contribution < -0.4 is 0 Å². The molecular formula is C22H18BrN5O3. The molecule has 5 rings (SSSR count). The predicted molar refractivity (Wildman–Crippen MR) is 116 cm³/mol. The SMILES string of the molecule is O=C(O)C1CN(Cc2ccc(-c3noc(-c4cnn(-c5ccccc5)c4Br)n3)cc2)C1. The molecule has 1 aliphatic heterocycles. The Balaban J connectivity index is 1.30. The number of rotatable bonds is 6. The zero-order valence-corrected chi connectivity index (χ0v) is 17.9. The molecule has 4 aromatic rings. The van der Waals surface area contributed by atoms with Crippen molar-refractivity contribution in [1.82, 2.24) is 24.8 Å². The van der Waals surface area contributed by atoms with E-state index < -0.39 is 5.97 Å². The second kappa shape index (κ2) is 8.09. The van der Waals surface area contributed by atoms with Gasteiger partial charge in [0.05, 0.1) is 23.4 Å². The van der Waals surface area contributed by atoms with Crippen molar-refractivity contribution in [3.63, 3.8) is 0 Å². The Morgan fingerprint density at radius 1 is 1.13 bits per heavy atom. The summed E-state index contributed by atoms with van der Waals surface area (Å²) in [5, 5.41) is 17.5. The number of carboxylic acids is 1. The molecule has 1 N–H and O–H groups in total. The molecular weight excluding hydrogens is 462 g/mol. The summed E-state index contributed by atoms with van der Waals surface area (Å²) in [6.07, 6.45) is 1.69. The Morgan fingerprint density at radius 2 is 1.87 bits per heavy atom. The molecule has 0 amide bonds. The van der Waals surface area contributed by atoms with Crippen LogP contribution in [0, 0.1) is 5.92 Å². The maximum atomic E-state index is 10.9. The standard InChI is InChI=1S/C22H18BrN5O3/c23-19-18(10-24-28(19)17-4-2-1-3-5-17)21-25-20(26-31-21)15-8-6-14(7-9-15)11-27-12-16(13-27)22(29)30/h1-10,16H,11-13H2,(H,29,30). The molecule has 0 saturated carbocycles. The highest BCUT2D eigenvalue weighted by molar-refractivity contribution is 9.10. The first-order chi connectivity index (χ1) is 15.1. The molecule has 2 aromatic carbocycles. The highest BCUT2D eigenvalue weighted by Gasteiger charge is 2.32. The highest BCUT2D eigenvalue weighted by atomic mass is 79.9. The van der Waals surface area contributed by atoms with E-state index in [1.807, 2.05) is 54.6 Å². The normalized spacial score (nSPS) is 14.5. The molecule has 9 heteroatoms. The van der Waals surface area contributed by atoms with Crippen LogP contribution in [0.25, 0.3) is 28.5 Å². The van der Waals surface area contributed by atoms with Crippen LogP contribution >= 0.6 is 15.9 Å². The smallest absolute Gasteiger partial charge is 0.309 e. The molecule has 1 aliphatic rings. The number of nitrogens with zero attached hydrogens (tertiary/aromatic N) is 5. The van der Waals surface area contributed by atoms with E-state index in [9.17, 15) is 4.79 Å². The lowest BCUT2D eigenvalue weighted by molar-refractivity contribution is -0.147. The molecule has 0 radical (unpaired) electrons. The summed E-state index contributed by atoms with van der Waals surface area (Å²) in [5.41, 5.74) is 3.60. The summed E-state index contributed by atoms with van der Waals surface area (Å²) >= 11 is 3.58. The van der Waals surface area contributed by atoms with Crippen molar-refractivity contribution in [2.45, 2.75) is 6.54 Å². The Labute approximate surface area is 186 Å². The first kappa shape index (κ1) is 19.7. The van der Waals surface area contributed by atoms with Gasteiger partial charge in [-0.1, -0.05) is 47.6 Å². The van der Waals surface area contributed by atoms with Gasteiger partial charge in [0.2, 0.25) is 5.82 Å². The van der Waals surface area contributed by atoms with Gasteiger partial charge in [-0.25, -0.2) is 4.68 Å². The quantitative estimate of drug-likeness (QED) is 0.448. The lowest BCUT2D eigenvalue weighted by Gasteiger charge is -2.36. The van der Waals surface area contributed by atoms with Crippen LogP contribution in [-0.2, 0) is 11.3 Å². The fourth-order valence-corrected chi connectivity index (χ4v) is 4.12. The molecule has 2 aromatic heterocycles. The minimum absolute atomic E-state index is 0.248.